The summed E-state index contributed by atoms with van der Waals surface area (Å²) < 4.78 is 5.18. The van der Waals surface area contributed by atoms with Gasteiger partial charge in [0.05, 0.1) is 12.7 Å². The maximum atomic E-state index is 10.2. The Bertz CT molecular complexity index is 362. The van der Waals surface area contributed by atoms with Gasteiger partial charge in [0.25, 0.3) is 0 Å². The van der Waals surface area contributed by atoms with Crippen molar-refractivity contribution < 1.29 is 9.84 Å². The molecule has 0 radical (unpaired) electrons. The van der Waals surface area contributed by atoms with Gasteiger partial charge in [-0.3, -0.25) is 0 Å². The number of aliphatic hydroxyl groups is 1. The second-order valence-corrected chi connectivity index (χ2v) is 4.71. The number of aromatic nitrogens is 1. The highest BCUT2D eigenvalue weighted by Gasteiger charge is 2.30. The summed E-state index contributed by atoms with van der Waals surface area (Å²) in [6.45, 7) is 1.32. The molecule has 2 rings (SSSR count). The average Bonchev–Trinajstić information content (AvgIpc) is 2.77. The quantitative estimate of drug-likeness (QED) is 0.813. The minimum absolute atomic E-state index is 0.505. The van der Waals surface area contributed by atoms with Crippen molar-refractivity contribution in [3.8, 4) is 5.88 Å². The fourth-order valence-electron chi connectivity index (χ4n) is 2.38. The van der Waals surface area contributed by atoms with Gasteiger partial charge in [0.1, 0.15) is 0 Å². The molecule has 4 nitrogen and oxygen atoms in total. The molecule has 1 aliphatic carbocycles. The van der Waals surface area contributed by atoms with E-state index in [4.69, 9.17) is 4.74 Å². The summed E-state index contributed by atoms with van der Waals surface area (Å²) >= 11 is 0. The first-order valence-electron chi connectivity index (χ1n) is 6.14. The molecule has 0 atom stereocenters. The lowest BCUT2D eigenvalue weighted by Gasteiger charge is -2.22. The Morgan fingerprint density at radius 3 is 2.94 bits per heavy atom. The summed E-state index contributed by atoms with van der Waals surface area (Å²) in [6.07, 6.45) is 5.80. The van der Waals surface area contributed by atoms with Gasteiger partial charge in [0.2, 0.25) is 5.88 Å². The summed E-state index contributed by atoms with van der Waals surface area (Å²) in [6, 6.07) is 3.88. The number of nitrogens with one attached hydrogen (secondary N) is 1. The first-order valence-corrected chi connectivity index (χ1v) is 6.14. The Hall–Kier alpha value is -1.13. The molecule has 1 aromatic rings. The highest BCUT2D eigenvalue weighted by molar-refractivity contribution is 5.25. The molecule has 0 bridgehead atoms. The molecule has 0 unspecified atom stereocenters. The second kappa shape index (κ2) is 5.47. The minimum Gasteiger partial charge on any atom is -0.481 e. The highest BCUT2D eigenvalue weighted by atomic mass is 16.5. The second-order valence-electron chi connectivity index (χ2n) is 4.71. The van der Waals surface area contributed by atoms with Crippen molar-refractivity contribution >= 4 is 0 Å². The molecule has 0 saturated heterocycles. The third-order valence-corrected chi connectivity index (χ3v) is 3.35. The lowest BCUT2D eigenvalue weighted by molar-refractivity contribution is 0.0474. The summed E-state index contributed by atoms with van der Waals surface area (Å²) in [5.74, 6) is 0.651. The maximum Gasteiger partial charge on any atom is 0.217 e. The summed E-state index contributed by atoms with van der Waals surface area (Å²) in [4.78, 5) is 4.14. The first kappa shape index (κ1) is 12.3. The molecule has 1 fully saturated rings. The van der Waals surface area contributed by atoms with Gasteiger partial charge in [0, 0.05) is 24.8 Å². The summed E-state index contributed by atoms with van der Waals surface area (Å²) in [5.41, 5.74) is 0.520. The van der Waals surface area contributed by atoms with Gasteiger partial charge in [-0.25, -0.2) is 4.98 Å². The van der Waals surface area contributed by atoms with E-state index in [1.807, 2.05) is 12.1 Å². The Labute approximate surface area is 102 Å². The van der Waals surface area contributed by atoms with Crippen LogP contribution >= 0.6 is 0 Å². The number of nitrogens with zero attached hydrogens (tertiary/aromatic N) is 1. The molecule has 1 aliphatic rings. The van der Waals surface area contributed by atoms with E-state index in [2.05, 4.69) is 10.3 Å². The van der Waals surface area contributed by atoms with Crippen LogP contribution in [0.15, 0.2) is 18.3 Å². The predicted molar refractivity (Wildman–Crippen MR) is 65.9 cm³/mol. The molecule has 1 heterocycles. The zero-order chi connectivity index (χ0) is 12.1. The van der Waals surface area contributed by atoms with Crippen LogP contribution in [0.4, 0.5) is 0 Å². The topological polar surface area (TPSA) is 54.4 Å². The minimum atomic E-state index is -0.505. The van der Waals surface area contributed by atoms with E-state index in [0.29, 0.717) is 19.0 Å². The molecule has 1 aromatic heterocycles. The van der Waals surface area contributed by atoms with E-state index in [1.54, 1.807) is 13.3 Å². The van der Waals surface area contributed by atoms with Crippen molar-refractivity contribution in [3.63, 3.8) is 0 Å². The fourth-order valence-corrected chi connectivity index (χ4v) is 2.38. The largest absolute Gasteiger partial charge is 0.481 e. The predicted octanol–water partition coefficient (Wildman–Crippen LogP) is 1.48. The van der Waals surface area contributed by atoms with Gasteiger partial charge in [-0.1, -0.05) is 18.9 Å². The molecular formula is C13H20N2O2. The number of pyridine rings is 1. The molecule has 2 N–H and O–H groups in total. The standard InChI is InChI=1S/C13H20N2O2/c1-17-12-11(5-4-8-15-12)9-14-10-13(16)6-2-3-7-13/h4-5,8,14,16H,2-3,6-7,9-10H2,1H3. The third-order valence-electron chi connectivity index (χ3n) is 3.35. The molecule has 0 aliphatic heterocycles. The van der Waals surface area contributed by atoms with Crippen LogP contribution in [-0.4, -0.2) is 29.3 Å². The molecule has 0 spiro atoms. The lowest BCUT2D eigenvalue weighted by Crippen LogP contribution is -2.37. The highest BCUT2D eigenvalue weighted by Crippen LogP contribution is 2.28. The van der Waals surface area contributed by atoms with E-state index in [-0.39, 0.29) is 0 Å². The van der Waals surface area contributed by atoms with Crippen LogP contribution in [0.3, 0.4) is 0 Å². The number of hydrogen-bond donors (Lipinski definition) is 2. The Balaban J connectivity index is 1.85. The normalized spacial score (nSPS) is 18.2. The summed E-state index contributed by atoms with van der Waals surface area (Å²) in [5, 5.41) is 13.5. The van der Waals surface area contributed by atoms with Crippen LogP contribution in [0.2, 0.25) is 0 Å². The van der Waals surface area contributed by atoms with Crippen molar-refractivity contribution in [2.45, 2.75) is 37.8 Å². The molecule has 1 saturated carbocycles. The Morgan fingerprint density at radius 2 is 2.24 bits per heavy atom. The van der Waals surface area contributed by atoms with Crippen LogP contribution in [0.5, 0.6) is 5.88 Å². The number of rotatable bonds is 5. The molecule has 4 heteroatoms. The van der Waals surface area contributed by atoms with Crippen molar-refractivity contribution in [2.24, 2.45) is 0 Å². The molecule has 0 amide bonds. The fraction of sp³-hybridized carbons (Fsp3) is 0.615. The van der Waals surface area contributed by atoms with E-state index in [9.17, 15) is 5.11 Å². The third kappa shape index (κ3) is 3.17. The number of methoxy groups -OCH3 is 1. The van der Waals surface area contributed by atoms with Crippen LogP contribution in [0.25, 0.3) is 0 Å². The van der Waals surface area contributed by atoms with Crippen molar-refractivity contribution in [2.75, 3.05) is 13.7 Å². The van der Waals surface area contributed by atoms with Crippen LogP contribution < -0.4 is 10.1 Å². The Morgan fingerprint density at radius 1 is 1.47 bits per heavy atom. The van der Waals surface area contributed by atoms with Crippen LogP contribution in [-0.2, 0) is 6.54 Å². The smallest absolute Gasteiger partial charge is 0.217 e. The molecule has 0 aromatic carbocycles. The number of hydrogen-bond acceptors (Lipinski definition) is 4. The van der Waals surface area contributed by atoms with Gasteiger partial charge in [-0.2, -0.15) is 0 Å². The monoisotopic (exact) mass is 236 g/mol. The van der Waals surface area contributed by atoms with Crippen molar-refractivity contribution in [1.82, 2.24) is 10.3 Å². The van der Waals surface area contributed by atoms with Gasteiger partial charge in [-0.05, 0) is 18.9 Å². The lowest BCUT2D eigenvalue weighted by atomic mass is 10.0. The van der Waals surface area contributed by atoms with Gasteiger partial charge < -0.3 is 15.2 Å². The van der Waals surface area contributed by atoms with Gasteiger partial charge in [0.15, 0.2) is 0 Å². The van der Waals surface area contributed by atoms with E-state index in [0.717, 1.165) is 31.2 Å². The number of ether oxygens (including phenoxy) is 1. The van der Waals surface area contributed by atoms with E-state index in [1.165, 1.54) is 0 Å². The van der Waals surface area contributed by atoms with Crippen LogP contribution in [0.1, 0.15) is 31.2 Å². The van der Waals surface area contributed by atoms with Crippen LogP contribution in [0, 0.1) is 0 Å². The molecule has 94 valence electrons. The summed E-state index contributed by atoms with van der Waals surface area (Å²) in [7, 11) is 1.62. The molecule has 17 heavy (non-hydrogen) atoms. The zero-order valence-electron chi connectivity index (χ0n) is 10.3. The SMILES string of the molecule is COc1ncccc1CNCC1(O)CCCC1. The zero-order valence-corrected chi connectivity index (χ0v) is 10.3. The van der Waals surface area contributed by atoms with Gasteiger partial charge >= 0.3 is 0 Å². The first-order chi connectivity index (χ1) is 8.23. The van der Waals surface area contributed by atoms with Gasteiger partial charge in [-0.15, -0.1) is 0 Å². The van der Waals surface area contributed by atoms with E-state index < -0.39 is 5.60 Å². The Kier molecular flexibility index (Phi) is 3.97. The van der Waals surface area contributed by atoms with Crippen molar-refractivity contribution in [1.29, 1.82) is 0 Å². The average molecular weight is 236 g/mol. The van der Waals surface area contributed by atoms with Crippen molar-refractivity contribution in [3.05, 3.63) is 23.9 Å². The maximum absolute atomic E-state index is 10.2. The van der Waals surface area contributed by atoms with E-state index >= 15 is 0 Å². The molecular weight excluding hydrogens is 216 g/mol.